The predicted molar refractivity (Wildman–Crippen MR) is 68.8 cm³/mol. The summed E-state index contributed by atoms with van der Waals surface area (Å²) in [4.78, 5) is 4.52. The summed E-state index contributed by atoms with van der Waals surface area (Å²) in [6.07, 6.45) is 7.10. The molecule has 0 unspecified atom stereocenters. The maximum absolute atomic E-state index is 5.74. The van der Waals surface area contributed by atoms with E-state index in [1.807, 2.05) is 6.92 Å². The van der Waals surface area contributed by atoms with Crippen LogP contribution in [0.15, 0.2) is 0 Å². The van der Waals surface area contributed by atoms with E-state index in [4.69, 9.17) is 5.73 Å². The number of nitrogens with two attached hydrogens (primary N) is 1. The van der Waals surface area contributed by atoms with Crippen LogP contribution in [0.4, 0.5) is 5.95 Å². The summed E-state index contributed by atoms with van der Waals surface area (Å²) in [6.45, 7) is 2.03. The van der Waals surface area contributed by atoms with Gasteiger partial charge in [0.2, 0.25) is 5.95 Å². The number of nitrogens with zero attached hydrogens (tertiary/aromatic N) is 3. The molecule has 0 aromatic carbocycles. The molecule has 0 radical (unpaired) electrons. The molecule has 4 heteroatoms. The molecule has 4 fully saturated rings. The van der Waals surface area contributed by atoms with E-state index in [0.717, 1.165) is 35.1 Å². The zero-order valence-electron chi connectivity index (χ0n) is 10.8. The van der Waals surface area contributed by atoms with Crippen molar-refractivity contribution in [3.63, 3.8) is 0 Å². The summed E-state index contributed by atoms with van der Waals surface area (Å²) in [6, 6.07) is 0. The topological polar surface area (TPSA) is 64.7 Å². The second-order valence-corrected chi connectivity index (χ2v) is 6.60. The van der Waals surface area contributed by atoms with Crippen molar-refractivity contribution in [2.75, 3.05) is 5.73 Å². The average molecular weight is 244 g/mol. The van der Waals surface area contributed by atoms with Crippen molar-refractivity contribution in [2.45, 2.75) is 44.9 Å². The first-order valence-corrected chi connectivity index (χ1v) is 7.17. The quantitative estimate of drug-likeness (QED) is 0.823. The third kappa shape index (κ3) is 1.47. The van der Waals surface area contributed by atoms with Gasteiger partial charge in [0.15, 0.2) is 0 Å². The number of rotatable bonds is 1. The molecule has 5 rings (SSSR count). The van der Waals surface area contributed by atoms with Crippen molar-refractivity contribution in [1.82, 2.24) is 15.2 Å². The lowest BCUT2D eigenvalue weighted by atomic mass is 9.51. The fourth-order valence-corrected chi connectivity index (χ4v) is 5.09. The van der Waals surface area contributed by atoms with E-state index in [2.05, 4.69) is 15.2 Å². The van der Waals surface area contributed by atoms with E-state index >= 15 is 0 Å². The summed E-state index contributed by atoms with van der Waals surface area (Å²) in [5.74, 6) is 4.60. The van der Waals surface area contributed by atoms with Gasteiger partial charge < -0.3 is 5.73 Å². The fourth-order valence-electron chi connectivity index (χ4n) is 5.09. The van der Waals surface area contributed by atoms with Gasteiger partial charge in [-0.1, -0.05) is 0 Å². The Morgan fingerprint density at radius 1 is 0.944 bits per heavy atom. The molecular weight excluding hydrogens is 224 g/mol. The van der Waals surface area contributed by atoms with Gasteiger partial charge in [-0.25, -0.2) is 4.98 Å². The largest absolute Gasteiger partial charge is 0.366 e. The second-order valence-electron chi connectivity index (χ2n) is 6.60. The van der Waals surface area contributed by atoms with Crippen LogP contribution in [0.5, 0.6) is 0 Å². The first kappa shape index (κ1) is 10.7. The standard InChI is InChI=1S/C14H20N4/c1-7-13(16-14(15)18-17-7)12-10-3-8-2-9(5-10)6-11(12)4-8/h8-12H,2-6H2,1H3,(H2,15,16,18). The van der Waals surface area contributed by atoms with Crippen LogP contribution < -0.4 is 5.73 Å². The molecule has 4 nitrogen and oxygen atoms in total. The van der Waals surface area contributed by atoms with Crippen molar-refractivity contribution < 1.29 is 0 Å². The van der Waals surface area contributed by atoms with Crippen molar-refractivity contribution in [2.24, 2.45) is 23.7 Å². The highest BCUT2D eigenvalue weighted by Crippen LogP contribution is 2.59. The first-order chi connectivity index (χ1) is 8.70. The Morgan fingerprint density at radius 3 is 2.17 bits per heavy atom. The van der Waals surface area contributed by atoms with Crippen LogP contribution >= 0.6 is 0 Å². The van der Waals surface area contributed by atoms with Crippen LogP contribution in [-0.4, -0.2) is 15.2 Å². The van der Waals surface area contributed by atoms with E-state index in [1.165, 1.54) is 32.1 Å². The molecule has 2 N–H and O–H groups in total. The molecule has 96 valence electrons. The zero-order valence-corrected chi connectivity index (χ0v) is 10.8. The van der Waals surface area contributed by atoms with Gasteiger partial charge in [-0.3, -0.25) is 0 Å². The van der Waals surface area contributed by atoms with Crippen LogP contribution in [0.25, 0.3) is 0 Å². The number of aryl methyl sites for hydroxylation is 1. The molecule has 1 aromatic rings. The van der Waals surface area contributed by atoms with E-state index < -0.39 is 0 Å². The molecule has 18 heavy (non-hydrogen) atoms. The Labute approximate surface area is 107 Å². The fraction of sp³-hybridized carbons (Fsp3) is 0.786. The summed E-state index contributed by atoms with van der Waals surface area (Å²) in [5.41, 5.74) is 7.87. The average Bonchev–Trinajstić information content (AvgIpc) is 2.32. The van der Waals surface area contributed by atoms with Gasteiger partial charge in [-0.15, -0.1) is 5.10 Å². The minimum absolute atomic E-state index is 0.337. The lowest BCUT2D eigenvalue weighted by Gasteiger charge is -2.54. The van der Waals surface area contributed by atoms with Gasteiger partial charge in [-0.05, 0) is 62.7 Å². The number of hydrogen-bond acceptors (Lipinski definition) is 4. The molecule has 0 atom stereocenters. The van der Waals surface area contributed by atoms with Crippen molar-refractivity contribution in [1.29, 1.82) is 0 Å². The van der Waals surface area contributed by atoms with E-state index in [-0.39, 0.29) is 0 Å². The van der Waals surface area contributed by atoms with Gasteiger partial charge >= 0.3 is 0 Å². The number of aromatic nitrogens is 3. The molecule has 4 saturated carbocycles. The number of nitrogen functional groups attached to an aromatic ring is 1. The Kier molecular flexibility index (Phi) is 2.17. The number of anilines is 1. The third-order valence-electron chi connectivity index (χ3n) is 5.45. The summed E-state index contributed by atoms with van der Waals surface area (Å²) in [5, 5.41) is 8.04. The Morgan fingerprint density at radius 2 is 1.56 bits per heavy atom. The van der Waals surface area contributed by atoms with Gasteiger partial charge in [0, 0.05) is 5.92 Å². The SMILES string of the molecule is Cc1nnc(N)nc1C1C2CC3CC(C2)CC1C3. The Balaban J connectivity index is 1.74. The van der Waals surface area contributed by atoms with Crippen molar-refractivity contribution in [3.05, 3.63) is 11.4 Å². The molecule has 0 amide bonds. The van der Waals surface area contributed by atoms with Crippen LogP contribution in [0.1, 0.15) is 49.4 Å². The smallest absolute Gasteiger partial charge is 0.240 e. The molecule has 4 aliphatic carbocycles. The van der Waals surface area contributed by atoms with E-state index in [0.29, 0.717) is 11.9 Å². The normalized spacial score (nSPS) is 41.3. The van der Waals surface area contributed by atoms with E-state index in [9.17, 15) is 0 Å². The summed E-state index contributed by atoms with van der Waals surface area (Å²) < 4.78 is 0. The predicted octanol–water partition coefficient (Wildman–Crippen LogP) is 2.30. The van der Waals surface area contributed by atoms with Crippen LogP contribution in [0.3, 0.4) is 0 Å². The molecule has 0 aliphatic heterocycles. The highest BCUT2D eigenvalue weighted by atomic mass is 15.2. The maximum atomic E-state index is 5.74. The molecule has 1 heterocycles. The van der Waals surface area contributed by atoms with Crippen LogP contribution in [0, 0.1) is 30.6 Å². The summed E-state index contributed by atoms with van der Waals surface area (Å²) >= 11 is 0. The lowest BCUT2D eigenvalue weighted by molar-refractivity contribution is -0.00453. The van der Waals surface area contributed by atoms with Gasteiger partial charge in [0.1, 0.15) is 0 Å². The first-order valence-electron chi connectivity index (χ1n) is 7.17. The third-order valence-corrected chi connectivity index (χ3v) is 5.45. The zero-order chi connectivity index (χ0) is 12.3. The molecule has 0 saturated heterocycles. The van der Waals surface area contributed by atoms with Gasteiger partial charge in [-0.2, -0.15) is 5.10 Å². The minimum atomic E-state index is 0.337. The van der Waals surface area contributed by atoms with Crippen molar-refractivity contribution in [3.8, 4) is 0 Å². The minimum Gasteiger partial charge on any atom is -0.366 e. The highest BCUT2D eigenvalue weighted by molar-refractivity contribution is 5.25. The van der Waals surface area contributed by atoms with E-state index in [1.54, 1.807) is 0 Å². The van der Waals surface area contributed by atoms with Gasteiger partial charge in [0.05, 0.1) is 11.4 Å². The second kappa shape index (κ2) is 3.65. The van der Waals surface area contributed by atoms with Crippen LogP contribution in [-0.2, 0) is 0 Å². The lowest BCUT2D eigenvalue weighted by Crippen LogP contribution is -2.44. The molecule has 4 bridgehead atoms. The van der Waals surface area contributed by atoms with Crippen molar-refractivity contribution >= 4 is 5.95 Å². The molecular formula is C14H20N4. The summed E-state index contributed by atoms with van der Waals surface area (Å²) in [7, 11) is 0. The number of hydrogen-bond donors (Lipinski definition) is 1. The molecule has 0 spiro atoms. The Hall–Kier alpha value is -1.19. The maximum Gasteiger partial charge on any atom is 0.240 e. The van der Waals surface area contributed by atoms with Gasteiger partial charge in [0.25, 0.3) is 0 Å². The molecule has 1 aromatic heterocycles. The molecule has 4 aliphatic rings. The van der Waals surface area contributed by atoms with Crippen LogP contribution in [0.2, 0.25) is 0 Å². The highest BCUT2D eigenvalue weighted by Gasteiger charge is 2.49. The monoisotopic (exact) mass is 244 g/mol. The Bertz CT molecular complexity index is 457.